The van der Waals surface area contributed by atoms with Gasteiger partial charge < -0.3 is 10.1 Å². The molecule has 5 nitrogen and oxygen atoms in total. The second kappa shape index (κ2) is 10.3. The van der Waals surface area contributed by atoms with E-state index in [0.29, 0.717) is 22.2 Å². The highest BCUT2D eigenvalue weighted by Gasteiger charge is 2.25. The number of nitrogens with one attached hydrogen (secondary N) is 1. The Morgan fingerprint density at radius 1 is 1.31 bits per heavy atom. The van der Waals surface area contributed by atoms with Crippen LogP contribution in [-0.4, -0.2) is 50.2 Å². The lowest BCUT2D eigenvalue weighted by atomic mass is 10.1. The second-order valence-corrected chi connectivity index (χ2v) is 8.71. The third-order valence-electron chi connectivity index (χ3n) is 4.70. The van der Waals surface area contributed by atoms with Crippen molar-refractivity contribution in [1.29, 1.82) is 5.26 Å². The lowest BCUT2D eigenvalue weighted by Crippen LogP contribution is -2.54. The number of esters is 1. The normalized spacial score (nSPS) is 17.0. The third kappa shape index (κ3) is 6.11. The molecule has 1 atom stereocenters. The molecule has 0 amide bonds. The molecule has 0 spiro atoms. The van der Waals surface area contributed by atoms with Crippen molar-refractivity contribution in [3.8, 4) is 6.07 Å². The number of piperazine rings is 1. The van der Waals surface area contributed by atoms with Gasteiger partial charge in [0.2, 0.25) is 0 Å². The Labute approximate surface area is 184 Å². The van der Waals surface area contributed by atoms with Crippen LogP contribution in [-0.2, 0) is 16.0 Å². The summed E-state index contributed by atoms with van der Waals surface area (Å²) in [6, 6.07) is 13.1. The number of hydrogen-bond acceptors (Lipinski definition) is 6. The number of methoxy groups -OCH3 is 1. The van der Waals surface area contributed by atoms with Gasteiger partial charge in [-0.3, -0.25) is 9.69 Å². The second-order valence-electron chi connectivity index (χ2n) is 6.72. The molecule has 1 N–H and O–H groups in total. The summed E-state index contributed by atoms with van der Waals surface area (Å²) in [5, 5.41) is 13.7. The van der Waals surface area contributed by atoms with E-state index in [2.05, 4.69) is 16.3 Å². The van der Waals surface area contributed by atoms with Gasteiger partial charge in [0.25, 0.3) is 0 Å². The van der Waals surface area contributed by atoms with Crippen molar-refractivity contribution in [2.24, 2.45) is 0 Å². The van der Waals surface area contributed by atoms with Crippen LogP contribution in [0.1, 0.15) is 11.1 Å². The Hall–Kier alpha value is -1.75. The lowest BCUT2D eigenvalue weighted by molar-refractivity contribution is -0.144. The molecule has 0 radical (unpaired) electrons. The summed E-state index contributed by atoms with van der Waals surface area (Å²) in [5.41, 5.74) is 1.71. The zero-order valence-electron chi connectivity index (χ0n) is 16.0. The minimum Gasteiger partial charge on any atom is -0.468 e. The Morgan fingerprint density at radius 2 is 2.07 bits per heavy atom. The largest absolute Gasteiger partial charge is 0.468 e. The molecule has 1 aliphatic heterocycles. The van der Waals surface area contributed by atoms with Crippen LogP contribution < -0.4 is 5.32 Å². The Balaban J connectivity index is 1.74. The minimum atomic E-state index is -0.304. The van der Waals surface area contributed by atoms with E-state index in [1.807, 2.05) is 30.3 Å². The predicted molar refractivity (Wildman–Crippen MR) is 116 cm³/mol. The maximum atomic E-state index is 11.8. The predicted octanol–water partition coefficient (Wildman–Crippen LogP) is 4.01. The van der Waals surface area contributed by atoms with Gasteiger partial charge in [-0.1, -0.05) is 35.0 Å². The summed E-state index contributed by atoms with van der Waals surface area (Å²) in [6.45, 7) is 2.99. The smallest absolute Gasteiger partial charge is 0.324 e. The van der Waals surface area contributed by atoms with Crippen molar-refractivity contribution in [2.45, 2.75) is 22.3 Å². The maximum absolute atomic E-state index is 11.8. The van der Waals surface area contributed by atoms with Gasteiger partial charge in [-0.15, -0.1) is 0 Å². The third-order valence-corrected chi connectivity index (χ3v) is 6.22. The number of carbonyl (C=O) groups excluding carboxylic acids is 1. The Morgan fingerprint density at radius 3 is 2.76 bits per heavy atom. The molecule has 1 heterocycles. The molecule has 1 fully saturated rings. The van der Waals surface area contributed by atoms with Crippen molar-refractivity contribution in [3.63, 3.8) is 0 Å². The van der Waals surface area contributed by atoms with Gasteiger partial charge in [0.15, 0.2) is 0 Å². The molecule has 2 aromatic rings. The van der Waals surface area contributed by atoms with E-state index in [0.717, 1.165) is 41.4 Å². The summed E-state index contributed by atoms with van der Waals surface area (Å²) in [7, 11) is 1.40. The average molecular weight is 450 g/mol. The number of halogens is 2. The average Bonchev–Trinajstić information content (AvgIpc) is 2.72. The standard InChI is InChI=1S/C21H21Cl2N3O2S/c1-28-21(27)19-13-26(7-5-25-19)6-4-15-8-14(12-24)2-3-20(15)29-18-10-16(22)9-17(23)11-18/h2-3,8-11,19,25H,4-7,13H2,1H3. The van der Waals surface area contributed by atoms with Crippen LogP contribution in [0.3, 0.4) is 0 Å². The van der Waals surface area contributed by atoms with Crippen LogP contribution in [0, 0.1) is 11.3 Å². The fourth-order valence-corrected chi connectivity index (χ4v) is 4.96. The zero-order valence-corrected chi connectivity index (χ0v) is 18.3. The summed E-state index contributed by atoms with van der Waals surface area (Å²) < 4.78 is 4.85. The van der Waals surface area contributed by atoms with Crippen molar-refractivity contribution in [2.75, 3.05) is 33.3 Å². The fraction of sp³-hybridized carbons (Fsp3) is 0.333. The summed E-state index contributed by atoms with van der Waals surface area (Å²) in [5.74, 6) is -0.241. The van der Waals surface area contributed by atoms with E-state index >= 15 is 0 Å². The van der Waals surface area contributed by atoms with E-state index in [1.54, 1.807) is 17.8 Å². The molecule has 29 heavy (non-hydrogen) atoms. The van der Waals surface area contributed by atoms with Gasteiger partial charge in [0.05, 0.1) is 18.7 Å². The first-order chi connectivity index (χ1) is 14.0. The molecule has 0 aromatic heterocycles. The first kappa shape index (κ1) is 21.9. The van der Waals surface area contributed by atoms with Crippen LogP contribution in [0.2, 0.25) is 10.0 Å². The highest BCUT2D eigenvalue weighted by Crippen LogP contribution is 2.34. The molecular formula is C21H21Cl2N3O2S. The summed E-state index contributed by atoms with van der Waals surface area (Å²) in [4.78, 5) is 16.1. The van der Waals surface area contributed by atoms with Gasteiger partial charge in [-0.25, -0.2) is 0 Å². The molecule has 1 saturated heterocycles. The minimum absolute atomic E-state index is 0.241. The maximum Gasteiger partial charge on any atom is 0.324 e. The number of ether oxygens (including phenoxy) is 1. The zero-order chi connectivity index (χ0) is 20.8. The summed E-state index contributed by atoms with van der Waals surface area (Å²) >= 11 is 13.8. The monoisotopic (exact) mass is 449 g/mol. The number of rotatable bonds is 6. The molecule has 1 unspecified atom stereocenters. The van der Waals surface area contributed by atoms with E-state index in [4.69, 9.17) is 27.9 Å². The highest BCUT2D eigenvalue weighted by atomic mass is 35.5. The lowest BCUT2D eigenvalue weighted by Gasteiger charge is -2.32. The number of carbonyl (C=O) groups is 1. The molecule has 1 aliphatic rings. The van der Waals surface area contributed by atoms with Crippen molar-refractivity contribution in [3.05, 3.63) is 57.6 Å². The molecule has 0 saturated carbocycles. The molecule has 8 heteroatoms. The van der Waals surface area contributed by atoms with Gasteiger partial charge in [-0.2, -0.15) is 5.26 Å². The van der Waals surface area contributed by atoms with Crippen LogP contribution >= 0.6 is 35.0 Å². The van der Waals surface area contributed by atoms with Crippen molar-refractivity contribution >= 4 is 40.9 Å². The molecule has 2 aromatic carbocycles. The Kier molecular flexibility index (Phi) is 7.82. The van der Waals surface area contributed by atoms with Crippen molar-refractivity contribution in [1.82, 2.24) is 10.2 Å². The van der Waals surface area contributed by atoms with Crippen LogP contribution in [0.25, 0.3) is 0 Å². The number of benzene rings is 2. The first-order valence-electron chi connectivity index (χ1n) is 9.19. The van der Waals surface area contributed by atoms with E-state index in [9.17, 15) is 10.1 Å². The van der Waals surface area contributed by atoms with Gasteiger partial charge >= 0.3 is 5.97 Å². The SMILES string of the molecule is COC(=O)C1CN(CCc2cc(C#N)ccc2Sc2cc(Cl)cc(Cl)c2)CCN1. The molecule has 152 valence electrons. The molecule has 0 aliphatic carbocycles. The van der Waals surface area contributed by atoms with Gasteiger partial charge in [0.1, 0.15) is 6.04 Å². The highest BCUT2D eigenvalue weighted by molar-refractivity contribution is 7.99. The van der Waals surface area contributed by atoms with Crippen molar-refractivity contribution < 1.29 is 9.53 Å². The molecule has 0 bridgehead atoms. The van der Waals surface area contributed by atoms with Gasteiger partial charge in [0, 0.05) is 46.0 Å². The fourth-order valence-electron chi connectivity index (χ4n) is 3.25. The van der Waals surface area contributed by atoms with E-state index < -0.39 is 0 Å². The number of nitrogens with zero attached hydrogens (tertiary/aromatic N) is 2. The number of hydrogen-bond donors (Lipinski definition) is 1. The van der Waals surface area contributed by atoms with Crippen LogP contribution in [0.5, 0.6) is 0 Å². The molecule has 3 rings (SSSR count). The number of nitriles is 1. The van der Waals surface area contributed by atoms with Crippen LogP contribution in [0.4, 0.5) is 0 Å². The Bertz CT molecular complexity index is 912. The molecular weight excluding hydrogens is 429 g/mol. The van der Waals surface area contributed by atoms with E-state index in [-0.39, 0.29) is 12.0 Å². The van der Waals surface area contributed by atoms with E-state index in [1.165, 1.54) is 7.11 Å². The topological polar surface area (TPSA) is 65.4 Å². The quantitative estimate of drug-likeness (QED) is 0.672. The summed E-state index contributed by atoms with van der Waals surface area (Å²) in [6.07, 6.45) is 0.764. The first-order valence-corrected chi connectivity index (χ1v) is 10.8. The van der Waals surface area contributed by atoms with Gasteiger partial charge in [-0.05, 0) is 48.4 Å². The van der Waals surface area contributed by atoms with Crippen LogP contribution in [0.15, 0.2) is 46.2 Å².